The summed E-state index contributed by atoms with van der Waals surface area (Å²) in [6.45, 7) is 0.117. The predicted octanol–water partition coefficient (Wildman–Crippen LogP) is -0.390. The molecule has 0 heterocycles. The van der Waals surface area contributed by atoms with E-state index in [1.54, 1.807) is 12.1 Å². The average molecular weight is 268 g/mol. The van der Waals surface area contributed by atoms with E-state index in [-0.39, 0.29) is 24.6 Å². The number of hydrogen-bond donors (Lipinski definition) is 2. The van der Waals surface area contributed by atoms with Crippen LogP contribution in [0.5, 0.6) is 0 Å². The first kappa shape index (κ1) is 14.7. The monoisotopic (exact) mass is 268 g/mol. The molecule has 0 atom stereocenters. The third-order valence-corrected chi connectivity index (χ3v) is 4.18. The van der Waals surface area contributed by atoms with Crippen molar-refractivity contribution in [2.75, 3.05) is 26.7 Å². The molecular weight excluding hydrogens is 252 g/mol. The van der Waals surface area contributed by atoms with Gasteiger partial charge in [-0.05, 0) is 24.3 Å². The van der Waals surface area contributed by atoms with Crippen molar-refractivity contribution in [2.24, 2.45) is 5.73 Å². The first-order valence-electron chi connectivity index (χ1n) is 5.38. The van der Waals surface area contributed by atoms with E-state index < -0.39 is 10.0 Å². The Hall–Kier alpha value is -1.39. The quantitative estimate of drug-likeness (QED) is 0.728. The third kappa shape index (κ3) is 3.55. The Bertz CT molecular complexity index is 541. The van der Waals surface area contributed by atoms with E-state index >= 15 is 0 Å². The fourth-order valence-electron chi connectivity index (χ4n) is 1.30. The lowest BCUT2D eigenvalue weighted by molar-refractivity contribution is 0.266. The Morgan fingerprint density at radius 1 is 1.33 bits per heavy atom. The van der Waals surface area contributed by atoms with E-state index in [9.17, 15) is 8.42 Å². The van der Waals surface area contributed by atoms with E-state index in [1.165, 1.54) is 19.2 Å². The Morgan fingerprint density at radius 2 is 1.94 bits per heavy atom. The van der Waals surface area contributed by atoms with Gasteiger partial charge >= 0.3 is 0 Å². The van der Waals surface area contributed by atoms with Gasteiger partial charge in [-0.2, -0.15) is 4.31 Å². The van der Waals surface area contributed by atoms with Crippen molar-refractivity contribution in [1.82, 2.24) is 4.31 Å². The van der Waals surface area contributed by atoms with E-state index in [0.29, 0.717) is 5.56 Å². The SMILES string of the molecule is CN(CCO)S(=O)(=O)c1ccc(C#CCN)cc1. The van der Waals surface area contributed by atoms with Crippen molar-refractivity contribution in [3.63, 3.8) is 0 Å². The fourth-order valence-corrected chi connectivity index (χ4v) is 2.47. The van der Waals surface area contributed by atoms with Gasteiger partial charge in [0.2, 0.25) is 10.0 Å². The first-order chi connectivity index (χ1) is 8.52. The summed E-state index contributed by atoms with van der Waals surface area (Å²) in [4.78, 5) is 0.178. The smallest absolute Gasteiger partial charge is 0.242 e. The number of nitrogens with two attached hydrogens (primary N) is 1. The number of nitrogens with zero attached hydrogens (tertiary/aromatic N) is 1. The summed E-state index contributed by atoms with van der Waals surface area (Å²) in [5, 5.41) is 8.75. The van der Waals surface area contributed by atoms with Crippen LogP contribution in [0.3, 0.4) is 0 Å². The number of likely N-dealkylation sites (N-methyl/N-ethyl adjacent to an activating group) is 1. The minimum atomic E-state index is -3.54. The van der Waals surface area contributed by atoms with Crippen molar-refractivity contribution < 1.29 is 13.5 Å². The van der Waals surface area contributed by atoms with Crippen LogP contribution in [-0.2, 0) is 10.0 Å². The Morgan fingerprint density at radius 3 is 2.44 bits per heavy atom. The van der Waals surface area contributed by atoms with Crippen LogP contribution in [0.2, 0.25) is 0 Å². The number of sulfonamides is 1. The maximum Gasteiger partial charge on any atom is 0.242 e. The highest BCUT2D eigenvalue weighted by molar-refractivity contribution is 7.89. The zero-order valence-corrected chi connectivity index (χ0v) is 10.9. The standard InChI is InChI=1S/C12H16N2O3S/c1-14(9-10-15)18(16,17)12-6-4-11(5-7-12)3-2-8-13/h4-7,15H,8-10,13H2,1H3. The average Bonchev–Trinajstić information content (AvgIpc) is 2.37. The van der Waals surface area contributed by atoms with Gasteiger partial charge in [-0.1, -0.05) is 11.8 Å². The zero-order valence-electron chi connectivity index (χ0n) is 10.1. The second kappa shape index (κ2) is 6.52. The highest BCUT2D eigenvalue weighted by atomic mass is 32.2. The number of aliphatic hydroxyl groups excluding tert-OH is 1. The molecule has 1 rings (SSSR count). The summed E-state index contributed by atoms with van der Waals surface area (Å²) in [7, 11) is -2.11. The van der Waals surface area contributed by atoms with E-state index in [2.05, 4.69) is 11.8 Å². The summed E-state index contributed by atoms with van der Waals surface area (Å²) in [5.74, 6) is 5.50. The van der Waals surface area contributed by atoms with E-state index in [0.717, 1.165) is 4.31 Å². The van der Waals surface area contributed by atoms with Gasteiger partial charge in [0.15, 0.2) is 0 Å². The Balaban J connectivity index is 2.97. The van der Waals surface area contributed by atoms with Crippen molar-refractivity contribution in [3.05, 3.63) is 29.8 Å². The minimum Gasteiger partial charge on any atom is -0.395 e. The number of benzene rings is 1. The summed E-state index contributed by atoms with van der Waals surface area (Å²) in [6, 6.07) is 6.23. The molecule has 0 unspecified atom stereocenters. The van der Waals surface area contributed by atoms with Gasteiger partial charge in [-0.3, -0.25) is 0 Å². The molecule has 0 radical (unpaired) electrons. The van der Waals surface area contributed by atoms with Crippen LogP contribution in [-0.4, -0.2) is 44.6 Å². The third-order valence-electron chi connectivity index (χ3n) is 2.31. The molecule has 1 aromatic rings. The predicted molar refractivity (Wildman–Crippen MR) is 69.3 cm³/mol. The molecule has 0 saturated heterocycles. The van der Waals surface area contributed by atoms with Crippen LogP contribution in [0, 0.1) is 11.8 Å². The van der Waals surface area contributed by atoms with Crippen LogP contribution in [0.25, 0.3) is 0 Å². The zero-order chi connectivity index (χ0) is 13.6. The lowest BCUT2D eigenvalue weighted by Gasteiger charge is -2.15. The van der Waals surface area contributed by atoms with Gasteiger partial charge < -0.3 is 10.8 Å². The Kier molecular flexibility index (Phi) is 5.31. The maximum atomic E-state index is 12.0. The van der Waals surface area contributed by atoms with E-state index in [4.69, 9.17) is 10.8 Å². The van der Waals surface area contributed by atoms with Crippen molar-refractivity contribution in [2.45, 2.75) is 4.90 Å². The summed E-state index contributed by atoms with van der Waals surface area (Å²) in [5.41, 5.74) is 5.96. The summed E-state index contributed by atoms with van der Waals surface area (Å²) in [6.07, 6.45) is 0. The van der Waals surface area contributed by atoms with Crippen molar-refractivity contribution in [3.8, 4) is 11.8 Å². The molecule has 98 valence electrons. The molecule has 0 amide bonds. The van der Waals surface area contributed by atoms with Crippen LogP contribution in [0.4, 0.5) is 0 Å². The molecule has 1 aromatic carbocycles. The second-order valence-electron chi connectivity index (χ2n) is 3.58. The molecule has 0 fully saturated rings. The topological polar surface area (TPSA) is 83.6 Å². The van der Waals surface area contributed by atoms with Crippen LogP contribution in [0.15, 0.2) is 29.2 Å². The molecule has 0 bridgehead atoms. The molecule has 0 aliphatic rings. The molecule has 6 heteroatoms. The summed E-state index contributed by atoms with van der Waals surface area (Å²) < 4.78 is 25.1. The van der Waals surface area contributed by atoms with Crippen molar-refractivity contribution in [1.29, 1.82) is 0 Å². The second-order valence-corrected chi connectivity index (χ2v) is 5.63. The molecule has 5 nitrogen and oxygen atoms in total. The Labute approximate surface area is 107 Å². The number of rotatable bonds is 4. The molecular formula is C12H16N2O3S. The van der Waals surface area contributed by atoms with Crippen LogP contribution >= 0.6 is 0 Å². The molecule has 0 aliphatic heterocycles. The number of aliphatic hydroxyl groups is 1. The molecule has 0 aromatic heterocycles. The highest BCUT2D eigenvalue weighted by Gasteiger charge is 2.19. The molecule has 0 spiro atoms. The molecule has 18 heavy (non-hydrogen) atoms. The van der Waals surface area contributed by atoms with Gasteiger partial charge in [-0.25, -0.2) is 8.42 Å². The van der Waals surface area contributed by atoms with Crippen LogP contribution in [0.1, 0.15) is 5.56 Å². The van der Waals surface area contributed by atoms with Gasteiger partial charge in [0.1, 0.15) is 0 Å². The first-order valence-corrected chi connectivity index (χ1v) is 6.82. The number of hydrogen-bond acceptors (Lipinski definition) is 4. The largest absolute Gasteiger partial charge is 0.395 e. The van der Waals surface area contributed by atoms with Crippen LogP contribution < -0.4 is 5.73 Å². The maximum absolute atomic E-state index is 12.0. The highest BCUT2D eigenvalue weighted by Crippen LogP contribution is 2.14. The van der Waals surface area contributed by atoms with Crippen molar-refractivity contribution >= 4 is 10.0 Å². The fraction of sp³-hybridized carbons (Fsp3) is 0.333. The lowest BCUT2D eigenvalue weighted by atomic mass is 10.2. The van der Waals surface area contributed by atoms with Gasteiger partial charge in [-0.15, -0.1) is 0 Å². The van der Waals surface area contributed by atoms with E-state index in [1.807, 2.05) is 0 Å². The lowest BCUT2D eigenvalue weighted by Crippen LogP contribution is -2.29. The van der Waals surface area contributed by atoms with Gasteiger partial charge in [0.25, 0.3) is 0 Å². The molecule has 3 N–H and O–H groups in total. The molecule has 0 aliphatic carbocycles. The molecule has 0 saturated carbocycles. The summed E-state index contributed by atoms with van der Waals surface area (Å²) >= 11 is 0. The van der Waals surface area contributed by atoms with Gasteiger partial charge in [0.05, 0.1) is 18.0 Å². The normalized spacial score (nSPS) is 11.1. The van der Waals surface area contributed by atoms with Gasteiger partial charge in [0, 0.05) is 19.2 Å². The minimum absolute atomic E-state index is 0.0665.